The van der Waals surface area contributed by atoms with Gasteiger partial charge in [-0.3, -0.25) is 0 Å². The molecule has 3 heteroatoms. The molecule has 1 saturated carbocycles. The average molecular weight is 273 g/mol. The summed E-state index contributed by atoms with van der Waals surface area (Å²) in [5, 5.41) is 19.8. The summed E-state index contributed by atoms with van der Waals surface area (Å²) in [7, 11) is 0. The zero-order valence-electron chi connectivity index (χ0n) is 12.2. The number of aliphatic hydroxyl groups is 1. The molecule has 106 valence electrons. The Balaban J connectivity index is 2.23. The lowest BCUT2D eigenvalue weighted by Gasteiger charge is -2.48. The Morgan fingerprint density at radius 3 is 2.65 bits per heavy atom. The molecule has 0 bridgehead atoms. The van der Waals surface area contributed by atoms with Crippen LogP contribution in [0.25, 0.3) is 0 Å². The second kappa shape index (κ2) is 4.05. The van der Waals surface area contributed by atoms with Crippen molar-refractivity contribution < 1.29 is 9.50 Å². The normalized spacial score (nSPS) is 34.2. The summed E-state index contributed by atoms with van der Waals surface area (Å²) in [5.74, 6) is -0.433. The van der Waals surface area contributed by atoms with Crippen LogP contribution in [0.4, 0.5) is 4.39 Å². The molecule has 2 aliphatic carbocycles. The lowest BCUT2D eigenvalue weighted by Crippen LogP contribution is -2.43. The van der Waals surface area contributed by atoms with Crippen LogP contribution in [-0.2, 0) is 5.41 Å². The first-order valence-electron chi connectivity index (χ1n) is 7.23. The predicted molar refractivity (Wildman–Crippen MR) is 74.5 cm³/mol. The van der Waals surface area contributed by atoms with E-state index in [1.54, 1.807) is 6.07 Å². The highest BCUT2D eigenvalue weighted by Gasteiger charge is 2.56. The molecular weight excluding hydrogens is 253 g/mol. The van der Waals surface area contributed by atoms with Crippen molar-refractivity contribution in [2.45, 2.75) is 51.6 Å². The lowest BCUT2D eigenvalue weighted by atomic mass is 9.56. The molecule has 1 unspecified atom stereocenters. The number of aliphatic hydroxyl groups excluding tert-OH is 1. The van der Waals surface area contributed by atoms with Crippen molar-refractivity contribution in [2.75, 3.05) is 0 Å². The van der Waals surface area contributed by atoms with Crippen LogP contribution in [0.3, 0.4) is 0 Å². The number of benzene rings is 1. The van der Waals surface area contributed by atoms with Crippen molar-refractivity contribution in [1.82, 2.24) is 0 Å². The molecule has 0 spiro atoms. The summed E-state index contributed by atoms with van der Waals surface area (Å²) >= 11 is 0. The fourth-order valence-electron chi connectivity index (χ4n) is 4.76. The zero-order chi connectivity index (χ0) is 14.7. The van der Waals surface area contributed by atoms with Crippen molar-refractivity contribution in [3.8, 4) is 6.07 Å². The van der Waals surface area contributed by atoms with E-state index < -0.39 is 11.9 Å². The lowest BCUT2D eigenvalue weighted by molar-refractivity contribution is -0.0272. The van der Waals surface area contributed by atoms with Gasteiger partial charge in [0.2, 0.25) is 0 Å². The van der Waals surface area contributed by atoms with E-state index in [0.29, 0.717) is 5.56 Å². The first kappa shape index (κ1) is 13.6. The summed E-state index contributed by atoms with van der Waals surface area (Å²) in [6.45, 7) is 6.53. The summed E-state index contributed by atoms with van der Waals surface area (Å²) < 4.78 is 13.9. The van der Waals surface area contributed by atoms with Gasteiger partial charge in [0, 0.05) is 5.92 Å². The molecule has 2 nitrogen and oxygen atoms in total. The van der Waals surface area contributed by atoms with E-state index in [4.69, 9.17) is 5.26 Å². The Morgan fingerprint density at radius 2 is 2.00 bits per heavy atom. The van der Waals surface area contributed by atoms with Crippen LogP contribution < -0.4 is 0 Å². The molecule has 20 heavy (non-hydrogen) atoms. The molecule has 1 aromatic rings. The maximum atomic E-state index is 13.9. The molecular formula is C17H20FNO. The van der Waals surface area contributed by atoms with Crippen LogP contribution in [0.15, 0.2) is 12.1 Å². The minimum absolute atomic E-state index is 0.0225. The van der Waals surface area contributed by atoms with Crippen molar-refractivity contribution in [2.24, 2.45) is 11.3 Å². The summed E-state index contributed by atoms with van der Waals surface area (Å²) in [5.41, 5.74) is 1.61. The minimum Gasteiger partial charge on any atom is -0.388 e. The molecule has 1 aromatic carbocycles. The predicted octanol–water partition coefficient (Wildman–Crippen LogP) is 3.83. The Labute approximate surface area is 119 Å². The number of fused-ring (bicyclic) bond motifs is 3. The third-order valence-electron chi connectivity index (χ3n) is 5.55. The topological polar surface area (TPSA) is 44.0 Å². The number of nitrogens with zero attached hydrogens (tertiary/aromatic N) is 1. The van der Waals surface area contributed by atoms with Crippen LogP contribution in [0.1, 0.15) is 62.8 Å². The van der Waals surface area contributed by atoms with Gasteiger partial charge < -0.3 is 5.11 Å². The molecule has 2 aliphatic rings. The third kappa shape index (κ3) is 1.58. The third-order valence-corrected chi connectivity index (χ3v) is 5.55. The molecule has 0 aliphatic heterocycles. The Kier molecular flexibility index (Phi) is 2.75. The Morgan fingerprint density at radius 1 is 1.30 bits per heavy atom. The summed E-state index contributed by atoms with van der Waals surface area (Å²) in [6.07, 6.45) is 2.53. The molecule has 0 saturated heterocycles. The molecule has 1 N–H and O–H groups in total. The van der Waals surface area contributed by atoms with E-state index in [9.17, 15) is 9.50 Å². The molecule has 3 atom stereocenters. The second-order valence-electron chi connectivity index (χ2n) is 7.21. The van der Waals surface area contributed by atoms with Crippen LogP contribution in [-0.4, -0.2) is 5.11 Å². The molecule has 0 heterocycles. The van der Waals surface area contributed by atoms with Gasteiger partial charge in [-0.2, -0.15) is 5.26 Å². The monoisotopic (exact) mass is 273 g/mol. The molecule has 1 fully saturated rings. The van der Waals surface area contributed by atoms with E-state index >= 15 is 0 Å². The highest BCUT2D eigenvalue weighted by Crippen LogP contribution is 2.62. The fourth-order valence-corrected chi connectivity index (χ4v) is 4.76. The largest absolute Gasteiger partial charge is 0.388 e. The number of halogens is 1. The van der Waals surface area contributed by atoms with Gasteiger partial charge in [-0.1, -0.05) is 27.2 Å². The van der Waals surface area contributed by atoms with E-state index in [0.717, 1.165) is 24.8 Å². The number of rotatable bonds is 0. The van der Waals surface area contributed by atoms with E-state index in [2.05, 4.69) is 20.8 Å². The smallest absolute Gasteiger partial charge is 0.141 e. The first-order chi connectivity index (χ1) is 9.31. The number of hydrogen-bond donors (Lipinski definition) is 1. The van der Waals surface area contributed by atoms with Crippen LogP contribution in [0.2, 0.25) is 0 Å². The van der Waals surface area contributed by atoms with Crippen molar-refractivity contribution >= 4 is 0 Å². The van der Waals surface area contributed by atoms with Gasteiger partial charge in [0.15, 0.2) is 0 Å². The van der Waals surface area contributed by atoms with Gasteiger partial charge in [0.1, 0.15) is 11.9 Å². The van der Waals surface area contributed by atoms with Gasteiger partial charge in [0.05, 0.1) is 11.7 Å². The highest BCUT2D eigenvalue weighted by molar-refractivity contribution is 5.49. The SMILES string of the molecule is CC1(C)CCC[C@@]2(C)c3cc(C#N)c(F)cc3[C@@H](O)C12. The first-order valence-corrected chi connectivity index (χ1v) is 7.23. The average Bonchev–Trinajstić information content (AvgIpc) is 2.57. The van der Waals surface area contributed by atoms with Gasteiger partial charge in [-0.25, -0.2) is 4.39 Å². The maximum absolute atomic E-state index is 13.9. The van der Waals surface area contributed by atoms with Crippen LogP contribution in [0.5, 0.6) is 0 Å². The second-order valence-corrected chi connectivity index (χ2v) is 7.21. The quantitative estimate of drug-likeness (QED) is 0.780. The zero-order valence-corrected chi connectivity index (χ0v) is 12.2. The van der Waals surface area contributed by atoms with Crippen molar-refractivity contribution in [1.29, 1.82) is 5.26 Å². The highest BCUT2D eigenvalue weighted by atomic mass is 19.1. The van der Waals surface area contributed by atoms with Crippen LogP contribution in [0, 0.1) is 28.5 Å². The summed E-state index contributed by atoms with van der Waals surface area (Å²) in [6, 6.07) is 4.95. The standard InChI is InChI=1S/C17H20FNO/c1-16(2)5-4-6-17(3)12-7-10(9-19)13(18)8-11(12)14(20)15(16)17/h7-8,14-15,20H,4-6H2,1-3H3/t14-,15?,17+/m1/s1. The van der Waals surface area contributed by atoms with E-state index in [1.807, 2.05) is 6.07 Å². The Hall–Kier alpha value is -1.40. The van der Waals surface area contributed by atoms with Gasteiger partial charge >= 0.3 is 0 Å². The van der Waals surface area contributed by atoms with Gasteiger partial charge in [-0.05, 0) is 46.9 Å². The Bertz CT molecular complexity index is 616. The van der Waals surface area contributed by atoms with E-state index in [1.165, 1.54) is 6.07 Å². The fraction of sp³-hybridized carbons (Fsp3) is 0.588. The van der Waals surface area contributed by atoms with Crippen molar-refractivity contribution in [3.63, 3.8) is 0 Å². The molecule has 0 amide bonds. The summed E-state index contributed by atoms with van der Waals surface area (Å²) in [4.78, 5) is 0. The molecule has 0 radical (unpaired) electrons. The van der Waals surface area contributed by atoms with E-state index in [-0.39, 0.29) is 22.3 Å². The van der Waals surface area contributed by atoms with Gasteiger partial charge in [-0.15, -0.1) is 0 Å². The minimum atomic E-state index is -0.632. The molecule has 0 aromatic heterocycles. The van der Waals surface area contributed by atoms with Crippen molar-refractivity contribution in [3.05, 3.63) is 34.6 Å². The molecule has 3 rings (SSSR count). The van der Waals surface area contributed by atoms with Crippen LogP contribution >= 0.6 is 0 Å². The maximum Gasteiger partial charge on any atom is 0.141 e. The number of nitriles is 1. The number of hydrogen-bond acceptors (Lipinski definition) is 2. The van der Waals surface area contributed by atoms with Gasteiger partial charge in [0.25, 0.3) is 0 Å².